The maximum Gasteiger partial charge on any atom is 0.0464 e. The van der Waals surface area contributed by atoms with Crippen molar-refractivity contribution in [2.45, 2.75) is 25.7 Å². The van der Waals surface area contributed by atoms with Gasteiger partial charge in [-0.25, -0.2) is 0 Å². The molecule has 0 heterocycles. The van der Waals surface area contributed by atoms with Crippen LogP contribution >= 0.6 is 0 Å². The van der Waals surface area contributed by atoms with Crippen molar-refractivity contribution in [2.75, 3.05) is 5.32 Å². The molecule has 0 atom stereocenters. The SMILES string of the molecule is c1ccc(-c2ccccc2Nc2ccccc2-c2ccc(-c3cccc4c3CCCC4)c3ccccc23)cc1. The summed E-state index contributed by atoms with van der Waals surface area (Å²) in [7, 11) is 0. The van der Waals surface area contributed by atoms with Gasteiger partial charge < -0.3 is 5.32 Å². The predicted octanol–water partition coefficient (Wildman–Crippen LogP) is 10.5. The Morgan fingerprint density at radius 3 is 1.72 bits per heavy atom. The monoisotopic (exact) mass is 501 g/mol. The van der Waals surface area contributed by atoms with Crippen LogP contribution in [0, 0.1) is 0 Å². The Morgan fingerprint density at radius 2 is 0.949 bits per heavy atom. The van der Waals surface area contributed by atoms with Crippen molar-refractivity contribution in [2.24, 2.45) is 0 Å². The maximum atomic E-state index is 3.79. The molecular weight excluding hydrogens is 470 g/mol. The first-order chi connectivity index (χ1) is 19.4. The molecule has 7 rings (SSSR count). The average molecular weight is 502 g/mol. The number of fused-ring (bicyclic) bond motifs is 2. The summed E-state index contributed by atoms with van der Waals surface area (Å²) in [5, 5.41) is 6.39. The Labute approximate surface area is 230 Å². The van der Waals surface area contributed by atoms with Gasteiger partial charge in [0, 0.05) is 22.5 Å². The van der Waals surface area contributed by atoms with Gasteiger partial charge in [-0.3, -0.25) is 0 Å². The highest BCUT2D eigenvalue weighted by Crippen LogP contribution is 2.42. The second-order valence-electron chi connectivity index (χ2n) is 10.4. The Bertz CT molecular complexity index is 1780. The predicted molar refractivity (Wildman–Crippen MR) is 167 cm³/mol. The fourth-order valence-corrected chi connectivity index (χ4v) is 6.24. The molecule has 1 nitrogen and oxygen atoms in total. The standard InChI is InChI=1S/C38H31N/c1-2-13-28(14-3-1)30-18-8-10-23-37(30)39-38-24-11-9-21-36(38)35-26-25-34(32-19-6-7-20-33(32)35)31-22-12-16-27-15-4-5-17-29(27)31/h1-3,6-14,16,18-26,39H,4-5,15,17H2. The van der Waals surface area contributed by atoms with Crippen molar-refractivity contribution in [3.8, 4) is 33.4 Å². The first-order valence-corrected chi connectivity index (χ1v) is 14.0. The van der Waals surface area contributed by atoms with E-state index in [9.17, 15) is 0 Å². The van der Waals surface area contributed by atoms with Gasteiger partial charge >= 0.3 is 0 Å². The lowest BCUT2D eigenvalue weighted by Gasteiger charge is -2.21. The zero-order chi connectivity index (χ0) is 26.0. The van der Waals surface area contributed by atoms with Gasteiger partial charge in [0.1, 0.15) is 0 Å². The number of hydrogen-bond donors (Lipinski definition) is 1. The molecule has 0 unspecified atom stereocenters. The van der Waals surface area contributed by atoms with Crippen molar-refractivity contribution in [1.82, 2.24) is 0 Å². The topological polar surface area (TPSA) is 12.0 Å². The minimum Gasteiger partial charge on any atom is -0.355 e. The van der Waals surface area contributed by atoms with Gasteiger partial charge in [-0.05, 0) is 82.0 Å². The lowest BCUT2D eigenvalue weighted by atomic mass is 9.84. The van der Waals surface area contributed by atoms with Crippen molar-refractivity contribution in [3.63, 3.8) is 0 Å². The Hall–Kier alpha value is -4.62. The molecule has 1 N–H and O–H groups in total. The van der Waals surface area contributed by atoms with Crippen LogP contribution in [-0.4, -0.2) is 0 Å². The number of hydrogen-bond acceptors (Lipinski definition) is 1. The van der Waals surface area contributed by atoms with Crippen molar-refractivity contribution in [3.05, 3.63) is 145 Å². The summed E-state index contributed by atoms with van der Waals surface area (Å²) in [5.74, 6) is 0. The van der Waals surface area contributed by atoms with Crippen molar-refractivity contribution < 1.29 is 0 Å². The molecule has 0 spiro atoms. The first kappa shape index (κ1) is 23.5. The molecular formula is C38H31N. The van der Waals surface area contributed by atoms with Gasteiger partial charge in [0.05, 0.1) is 0 Å². The maximum absolute atomic E-state index is 3.79. The highest BCUT2D eigenvalue weighted by atomic mass is 14.9. The molecule has 0 aliphatic heterocycles. The summed E-state index contributed by atoms with van der Waals surface area (Å²) < 4.78 is 0. The third-order valence-electron chi connectivity index (χ3n) is 8.11. The summed E-state index contributed by atoms with van der Waals surface area (Å²) in [4.78, 5) is 0. The van der Waals surface area contributed by atoms with Crippen LogP contribution in [0.15, 0.2) is 133 Å². The van der Waals surface area contributed by atoms with E-state index in [1.54, 1.807) is 5.56 Å². The number of benzene rings is 6. The molecule has 0 radical (unpaired) electrons. The van der Waals surface area contributed by atoms with E-state index < -0.39 is 0 Å². The van der Waals surface area contributed by atoms with Crippen molar-refractivity contribution >= 4 is 22.1 Å². The van der Waals surface area contributed by atoms with Crippen LogP contribution < -0.4 is 5.32 Å². The molecule has 0 saturated heterocycles. The fraction of sp³-hybridized carbons (Fsp3) is 0.105. The van der Waals surface area contributed by atoms with Gasteiger partial charge in [-0.2, -0.15) is 0 Å². The molecule has 6 aromatic rings. The van der Waals surface area contributed by atoms with E-state index in [4.69, 9.17) is 0 Å². The van der Waals surface area contributed by atoms with Gasteiger partial charge in [0.25, 0.3) is 0 Å². The minimum absolute atomic E-state index is 1.10. The molecule has 1 aliphatic rings. The third kappa shape index (κ3) is 4.41. The van der Waals surface area contributed by atoms with Crippen LogP contribution in [0.4, 0.5) is 11.4 Å². The van der Waals surface area contributed by atoms with Crippen LogP contribution in [0.1, 0.15) is 24.0 Å². The summed E-state index contributed by atoms with van der Waals surface area (Å²) in [6.07, 6.45) is 4.95. The van der Waals surface area contributed by atoms with E-state index in [2.05, 4.69) is 139 Å². The number of para-hydroxylation sites is 2. The highest BCUT2D eigenvalue weighted by molar-refractivity contribution is 6.07. The van der Waals surface area contributed by atoms with E-state index in [0.717, 1.165) is 11.4 Å². The average Bonchev–Trinajstić information content (AvgIpc) is 3.01. The van der Waals surface area contributed by atoms with Crippen molar-refractivity contribution in [1.29, 1.82) is 0 Å². The molecule has 1 aliphatic carbocycles. The number of anilines is 2. The van der Waals surface area contributed by atoms with Gasteiger partial charge in [-0.15, -0.1) is 0 Å². The summed E-state index contributed by atoms with van der Waals surface area (Å²) >= 11 is 0. The van der Waals surface area contributed by atoms with Crippen LogP contribution in [0.2, 0.25) is 0 Å². The van der Waals surface area contributed by atoms with Gasteiger partial charge in [0.15, 0.2) is 0 Å². The highest BCUT2D eigenvalue weighted by Gasteiger charge is 2.18. The second-order valence-corrected chi connectivity index (χ2v) is 10.4. The zero-order valence-electron chi connectivity index (χ0n) is 22.0. The molecule has 1 heteroatoms. The lowest BCUT2D eigenvalue weighted by molar-refractivity contribution is 0.687. The molecule has 188 valence electrons. The van der Waals surface area contributed by atoms with E-state index in [0.29, 0.717) is 0 Å². The molecule has 0 fully saturated rings. The first-order valence-electron chi connectivity index (χ1n) is 14.0. The number of nitrogens with one attached hydrogen (secondary N) is 1. The van der Waals surface area contributed by atoms with Gasteiger partial charge in [0.2, 0.25) is 0 Å². The van der Waals surface area contributed by atoms with E-state index >= 15 is 0 Å². The van der Waals surface area contributed by atoms with Gasteiger partial charge in [-0.1, -0.05) is 121 Å². The second kappa shape index (κ2) is 10.3. The summed E-state index contributed by atoms with van der Waals surface area (Å²) in [6.45, 7) is 0. The Balaban J connectivity index is 1.35. The lowest BCUT2D eigenvalue weighted by Crippen LogP contribution is -2.04. The minimum atomic E-state index is 1.10. The van der Waals surface area contributed by atoms with E-state index in [1.165, 1.54) is 75.4 Å². The third-order valence-corrected chi connectivity index (χ3v) is 8.11. The molecule has 0 bridgehead atoms. The molecule has 0 aromatic heterocycles. The van der Waals surface area contributed by atoms with Crippen LogP contribution in [0.5, 0.6) is 0 Å². The Kier molecular flexibility index (Phi) is 6.19. The zero-order valence-corrected chi connectivity index (χ0v) is 22.0. The summed E-state index contributed by atoms with van der Waals surface area (Å²) in [5.41, 5.74) is 12.9. The van der Waals surface area contributed by atoms with Crippen LogP contribution in [-0.2, 0) is 12.8 Å². The quantitative estimate of drug-likeness (QED) is 0.248. The fourth-order valence-electron chi connectivity index (χ4n) is 6.24. The van der Waals surface area contributed by atoms with E-state index in [1.807, 2.05) is 0 Å². The normalized spacial score (nSPS) is 12.7. The molecule has 0 saturated carbocycles. The van der Waals surface area contributed by atoms with Crippen LogP contribution in [0.25, 0.3) is 44.2 Å². The summed E-state index contributed by atoms with van der Waals surface area (Å²) in [6, 6.07) is 48.3. The number of rotatable bonds is 5. The Morgan fingerprint density at radius 1 is 0.385 bits per heavy atom. The molecule has 0 amide bonds. The molecule has 6 aromatic carbocycles. The molecule has 39 heavy (non-hydrogen) atoms. The largest absolute Gasteiger partial charge is 0.355 e. The number of aryl methyl sites for hydroxylation is 1. The van der Waals surface area contributed by atoms with Crippen LogP contribution in [0.3, 0.4) is 0 Å². The van der Waals surface area contributed by atoms with E-state index in [-0.39, 0.29) is 0 Å². The smallest absolute Gasteiger partial charge is 0.0464 e.